The van der Waals surface area contributed by atoms with Crippen LogP contribution < -0.4 is 0 Å². The minimum atomic E-state index is -3.42. The third-order valence-corrected chi connectivity index (χ3v) is 3.13. The SMILES string of the molecule is CCCC(COC(C)(C)C)CS(=O)(=O)Cl. The largest absolute Gasteiger partial charge is 0.376 e. The highest BCUT2D eigenvalue weighted by atomic mass is 35.7. The minimum Gasteiger partial charge on any atom is -0.376 e. The predicted molar refractivity (Wildman–Crippen MR) is 63.7 cm³/mol. The molecular formula is C10H21ClO3S. The first-order valence-corrected chi connectivity index (χ1v) is 7.68. The van der Waals surface area contributed by atoms with E-state index in [0.29, 0.717) is 6.61 Å². The molecule has 0 amide bonds. The molecule has 1 atom stereocenters. The summed E-state index contributed by atoms with van der Waals surface area (Å²) in [6.07, 6.45) is 1.76. The van der Waals surface area contributed by atoms with Crippen molar-refractivity contribution in [3.05, 3.63) is 0 Å². The summed E-state index contributed by atoms with van der Waals surface area (Å²) in [6, 6.07) is 0. The third-order valence-electron chi connectivity index (χ3n) is 1.88. The fourth-order valence-electron chi connectivity index (χ4n) is 1.27. The van der Waals surface area contributed by atoms with Gasteiger partial charge in [0.15, 0.2) is 0 Å². The summed E-state index contributed by atoms with van der Waals surface area (Å²) in [5.41, 5.74) is -0.234. The maximum absolute atomic E-state index is 11.0. The van der Waals surface area contributed by atoms with Gasteiger partial charge in [-0.05, 0) is 33.1 Å². The van der Waals surface area contributed by atoms with Gasteiger partial charge < -0.3 is 4.74 Å². The highest BCUT2D eigenvalue weighted by Gasteiger charge is 2.19. The van der Waals surface area contributed by atoms with E-state index in [9.17, 15) is 8.42 Å². The van der Waals surface area contributed by atoms with Crippen LogP contribution in [0.25, 0.3) is 0 Å². The van der Waals surface area contributed by atoms with Gasteiger partial charge in [0.25, 0.3) is 0 Å². The summed E-state index contributed by atoms with van der Waals surface area (Å²) in [6.45, 7) is 8.32. The van der Waals surface area contributed by atoms with Gasteiger partial charge in [0.05, 0.1) is 18.0 Å². The first kappa shape index (κ1) is 15.2. The van der Waals surface area contributed by atoms with Crippen molar-refractivity contribution in [3.8, 4) is 0 Å². The zero-order valence-corrected chi connectivity index (χ0v) is 11.5. The van der Waals surface area contributed by atoms with E-state index in [1.807, 2.05) is 27.7 Å². The molecule has 0 aromatic rings. The van der Waals surface area contributed by atoms with Crippen LogP contribution in [0, 0.1) is 5.92 Å². The van der Waals surface area contributed by atoms with Crippen LogP contribution in [0.5, 0.6) is 0 Å². The van der Waals surface area contributed by atoms with Crippen LogP contribution in [0.3, 0.4) is 0 Å². The van der Waals surface area contributed by atoms with Gasteiger partial charge in [0.1, 0.15) is 0 Å². The highest BCUT2D eigenvalue weighted by molar-refractivity contribution is 8.13. The Morgan fingerprint density at radius 2 is 1.87 bits per heavy atom. The fourth-order valence-corrected chi connectivity index (χ4v) is 2.63. The van der Waals surface area contributed by atoms with E-state index in [0.717, 1.165) is 12.8 Å². The maximum atomic E-state index is 11.0. The van der Waals surface area contributed by atoms with Crippen LogP contribution in [-0.4, -0.2) is 26.4 Å². The molecule has 0 spiro atoms. The highest BCUT2D eigenvalue weighted by Crippen LogP contribution is 2.16. The average molecular weight is 257 g/mol. The molecule has 0 saturated carbocycles. The Morgan fingerprint density at radius 1 is 1.33 bits per heavy atom. The van der Waals surface area contributed by atoms with E-state index >= 15 is 0 Å². The Bertz CT molecular complexity index is 267. The van der Waals surface area contributed by atoms with E-state index in [1.165, 1.54) is 0 Å². The molecule has 15 heavy (non-hydrogen) atoms. The zero-order valence-electron chi connectivity index (χ0n) is 9.92. The van der Waals surface area contributed by atoms with Crippen LogP contribution in [0.4, 0.5) is 0 Å². The Balaban J connectivity index is 4.17. The summed E-state index contributed by atoms with van der Waals surface area (Å²) < 4.78 is 27.5. The van der Waals surface area contributed by atoms with E-state index < -0.39 is 9.05 Å². The van der Waals surface area contributed by atoms with Crippen LogP contribution in [-0.2, 0) is 13.8 Å². The topological polar surface area (TPSA) is 43.4 Å². The van der Waals surface area contributed by atoms with Gasteiger partial charge >= 0.3 is 0 Å². The number of rotatable bonds is 6. The molecule has 0 N–H and O–H groups in total. The second kappa shape index (κ2) is 6.06. The molecule has 0 bridgehead atoms. The van der Waals surface area contributed by atoms with Gasteiger partial charge in [0.2, 0.25) is 9.05 Å². The second-order valence-electron chi connectivity index (χ2n) is 4.78. The second-order valence-corrected chi connectivity index (χ2v) is 7.61. The van der Waals surface area contributed by atoms with Gasteiger partial charge in [-0.2, -0.15) is 0 Å². The smallest absolute Gasteiger partial charge is 0.232 e. The van der Waals surface area contributed by atoms with Crippen molar-refractivity contribution in [2.75, 3.05) is 12.4 Å². The molecule has 0 aliphatic carbocycles. The van der Waals surface area contributed by atoms with E-state index in [4.69, 9.17) is 15.4 Å². The van der Waals surface area contributed by atoms with Gasteiger partial charge in [-0.3, -0.25) is 0 Å². The van der Waals surface area contributed by atoms with Gasteiger partial charge in [0, 0.05) is 10.7 Å². The average Bonchev–Trinajstić information content (AvgIpc) is 1.96. The molecule has 0 aliphatic rings. The molecule has 0 aliphatic heterocycles. The van der Waals surface area contributed by atoms with Crippen molar-refractivity contribution < 1.29 is 13.2 Å². The summed E-state index contributed by atoms with van der Waals surface area (Å²) >= 11 is 0. The third kappa shape index (κ3) is 10.5. The minimum absolute atomic E-state index is 0.00151. The summed E-state index contributed by atoms with van der Waals surface area (Å²) in [4.78, 5) is 0. The summed E-state index contributed by atoms with van der Waals surface area (Å²) in [5, 5.41) is 0. The van der Waals surface area contributed by atoms with Crippen molar-refractivity contribution in [2.45, 2.75) is 46.1 Å². The first-order chi connectivity index (χ1) is 6.64. The molecule has 0 aromatic carbocycles. The number of ether oxygens (including phenoxy) is 1. The van der Waals surface area contributed by atoms with Crippen molar-refractivity contribution in [3.63, 3.8) is 0 Å². The zero-order chi connectivity index (χ0) is 12.1. The molecule has 5 heteroatoms. The molecular weight excluding hydrogens is 236 g/mol. The normalized spacial score (nSPS) is 15.3. The van der Waals surface area contributed by atoms with E-state index in [-0.39, 0.29) is 17.3 Å². The molecule has 0 heterocycles. The lowest BCUT2D eigenvalue weighted by Crippen LogP contribution is -2.26. The van der Waals surface area contributed by atoms with Crippen molar-refractivity contribution in [2.24, 2.45) is 5.92 Å². The molecule has 0 aromatic heterocycles. The van der Waals surface area contributed by atoms with Crippen LogP contribution >= 0.6 is 10.7 Å². The molecule has 0 fully saturated rings. The molecule has 92 valence electrons. The predicted octanol–water partition coefficient (Wildman–Crippen LogP) is 2.79. The van der Waals surface area contributed by atoms with Crippen molar-refractivity contribution in [1.29, 1.82) is 0 Å². The Morgan fingerprint density at radius 3 is 2.20 bits per heavy atom. The lowest BCUT2D eigenvalue weighted by atomic mass is 10.1. The molecule has 3 nitrogen and oxygen atoms in total. The van der Waals surface area contributed by atoms with Gasteiger partial charge in [-0.15, -0.1) is 0 Å². The van der Waals surface area contributed by atoms with Crippen LogP contribution in [0.15, 0.2) is 0 Å². The van der Waals surface area contributed by atoms with Crippen LogP contribution in [0.1, 0.15) is 40.5 Å². The van der Waals surface area contributed by atoms with E-state index in [1.54, 1.807) is 0 Å². The van der Waals surface area contributed by atoms with Crippen molar-refractivity contribution >= 4 is 19.7 Å². The fraction of sp³-hybridized carbons (Fsp3) is 1.00. The Kier molecular flexibility index (Phi) is 6.14. The summed E-state index contributed by atoms with van der Waals surface area (Å²) in [5.74, 6) is -0.00454. The molecule has 0 radical (unpaired) electrons. The van der Waals surface area contributed by atoms with Crippen LogP contribution in [0.2, 0.25) is 0 Å². The quantitative estimate of drug-likeness (QED) is 0.687. The monoisotopic (exact) mass is 256 g/mol. The maximum Gasteiger partial charge on any atom is 0.232 e. The molecule has 0 saturated heterocycles. The van der Waals surface area contributed by atoms with Crippen molar-refractivity contribution in [1.82, 2.24) is 0 Å². The number of hydrogen-bond donors (Lipinski definition) is 0. The molecule has 0 rings (SSSR count). The van der Waals surface area contributed by atoms with Gasteiger partial charge in [-0.25, -0.2) is 8.42 Å². The van der Waals surface area contributed by atoms with Gasteiger partial charge in [-0.1, -0.05) is 13.3 Å². The standard InChI is InChI=1S/C10H21ClO3S/c1-5-6-9(8-15(11,12)13)7-14-10(2,3)4/h9H,5-8H2,1-4H3. The Hall–Kier alpha value is 0.200. The number of halogens is 1. The Labute approximate surface area is 97.6 Å². The summed E-state index contributed by atoms with van der Waals surface area (Å²) in [7, 11) is 1.81. The first-order valence-electron chi connectivity index (χ1n) is 5.20. The molecule has 1 unspecified atom stereocenters. The lowest BCUT2D eigenvalue weighted by Gasteiger charge is -2.23. The van der Waals surface area contributed by atoms with E-state index in [2.05, 4.69) is 0 Å². The lowest BCUT2D eigenvalue weighted by molar-refractivity contribution is -0.0201. The number of hydrogen-bond acceptors (Lipinski definition) is 3.